The lowest BCUT2D eigenvalue weighted by molar-refractivity contribution is 0.0736. The Kier molecular flexibility index (Phi) is 4.29. The quantitative estimate of drug-likeness (QED) is 0.513. The molecule has 0 N–H and O–H groups in total. The van der Waals surface area contributed by atoms with E-state index in [9.17, 15) is 4.79 Å². The van der Waals surface area contributed by atoms with Gasteiger partial charge in [-0.2, -0.15) is 0 Å². The van der Waals surface area contributed by atoms with Gasteiger partial charge in [-0.15, -0.1) is 0 Å². The van der Waals surface area contributed by atoms with Gasteiger partial charge in [0, 0.05) is 24.1 Å². The van der Waals surface area contributed by atoms with E-state index in [4.69, 9.17) is 9.47 Å². The van der Waals surface area contributed by atoms with E-state index in [-0.39, 0.29) is 11.4 Å². The Balaban J connectivity index is 1.90. The number of carbonyl (C=O) groups is 1. The summed E-state index contributed by atoms with van der Waals surface area (Å²) >= 11 is 0. The molecule has 25 heavy (non-hydrogen) atoms. The van der Waals surface area contributed by atoms with Crippen LogP contribution in [0.25, 0.3) is 10.9 Å². The predicted octanol–water partition coefficient (Wildman–Crippen LogP) is 4.70. The van der Waals surface area contributed by atoms with Gasteiger partial charge in [0.05, 0.1) is 12.7 Å². The van der Waals surface area contributed by atoms with Crippen LogP contribution in [0.1, 0.15) is 36.7 Å². The Morgan fingerprint density at radius 1 is 1.00 bits per heavy atom. The highest BCUT2D eigenvalue weighted by atomic mass is 16.5. The molecule has 4 nitrogen and oxygen atoms in total. The van der Waals surface area contributed by atoms with Gasteiger partial charge in [0.15, 0.2) is 0 Å². The van der Waals surface area contributed by atoms with Crippen molar-refractivity contribution >= 4 is 16.9 Å². The highest BCUT2D eigenvalue weighted by molar-refractivity contribution is 6.05. The van der Waals surface area contributed by atoms with Crippen LogP contribution in [0.2, 0.25) is 0 Å². The molecule has 0 fully saturated rings. The molecule has 0 atom stereocenters. The van der Waals surface area contributed by atoms with Crippen LogP contribution >= 0.6 is 0 Å². The summed E-state index contributed by atoms with van der Waals surface area (Å²) in [6.07, 6.45) is 1.79. The lowest BCUT2D eigenvalue weighted by atomic mass is 9.87. The van der Waals surface area contributed by atoms with E-state index in [0.717, 1.165) is 10.9 Å². The average Bonchev–Trinajstić information content (AvgIpc) is 2.91. The minimum atomic E-state index is -0.373. The SMILES string of the molecule is COc1ccc2c(c1)c(C(=O)Oc1ccc(C(C)(C)C)cc1)cn2C. The Labute approximate surface area is 148 Å². The molecule has 0 saturated carbocycles. The molecule has 0 aliphatic carbocycles. The van der Waals surface area contributed by atoms with Crippen molar-refractivity contribution in [1.29, 1.82) is 0 Å². The van der Waals surface area contributed by atoms with Crippen molar-refractivity contribution in [3.63, 3.8) is 0 Å². The Morgan fingerprint density at radius 3 is 2.24 bits per heavy atom. The summed E-state index contributed by atoms with van der Waals surface area (Å²) < 4.78 is 12.7. The van der Waals surface area contributed by atoms with Gasteiger partial charge in [0.2, 0.25) is 0 Å². The third-order valence-electron chi connectivity index (χ3n) is 4.35. The first-order valence-electron chi connectivity index (χ1n) is 8.25. The number of carbonyl (C=O) groups excluding carboxylic acids is 1. The van der Waals surface area contributed by atoms with Crippen LogP contribution in [-0.2, 0) is 12.5 Å². The van der Waals surface area contributed by atoms with Crippen molar-refractivity contribution in [2.24, 2.45) is 7.05 Å². The Morgan fingerprint density at radius 2 is 1.64 bits per heavy atom. The second kappa shape index (κ2) is 6.28. The van der Waals surface area contributed by atoms with E-state index in [0.29, 0.717) is 17.1 Å². The molecular weight excluding hydrogens is 314 g/mol. The zero-order valence-corrected chi connectivity index (χ0v) is 15.3. The third kappa shape index (κ3) is 3.38. The van der Waals surface area contributed by atoms with Crippen LogP contribution in [0.4, 0.5) is 0 Å². The summed E-state index contributed by atoms with van der Waals surface area (Å²) in [7, 11) is 3.52. The van der Waals surface area contributed by atoms with Crippen LogP contribution in [0.15, 0.2) is 48.7 Å². The minimum Gasteiger partial charge on any atom is -0.497 e. The fourth-order valence-corrected chi connectivity index (χ4v) is 2.85. The number of aryl methyl sites for hydroxylation is 1. The van der Waals surface area contributed by atoms with Gasteiger partial charge in [-0.1, -0.05) is 32.9 Å². The number of rotatable bonds is 3. The second-order valence-corrected chi connectivity index (χ2v) is 7.20. The molecule has 130 valence electrons. The van der Waals surface area contributed by atoms with Crippen molar-refractivity contribution < 1.29 is 14.3 Å². The monoisotopic (exact) mass is 337 g/mol. The number of hydrogen-bond donors (Lipinski definition) is 0. The molecule has 0 aliphatic rings. The molecule has 3 aromatic rings. The smallest absolute Gasteiger partial charge is 0.345 e. The molecular formula is C21H23NO3. The van der Waals surface area contributed by atoms with Crippen molar-refractivity contribution in [3.8, 4) is 11.5 Å². The van der Waals surface area contributed by atoms with Gasteiger partial charge in [-0.3, -0.25) is 0 Å². The van der Waals surface area contributed by atoms with Crippen molar-refractivity contribution in [2.75, 3.05) is 7.11 Å². The lowest BCUT2D eigenvalue weighted by Gasteiger charge is -2.18. The largest absolute Gasteiger partial charge is 0.497 e. The second-order valence-electron chi connectivity index (χ2n) is 7.20. The summed E-state index contributed by atoms with van der Waals surface area (Å²) in [6.45, 7) is 6.45. The maximum Gasteiger partial charge on any atom is 0.345 e. The molecule has 0 saturated heterocycles. The van der Waals surface area contributed by atoms with Crippen LogP contribution in [-0.4, -0.2) is 17.6 Å². The summed E-state index contributed by atoms with van der Waals surface area (Å²) in [5, 5.41) is 0.818. The van der Waals surface area contributed by atoms with E-state index >= 15 is 0 Å². The number of aromatic nitrogens is 1. The van der Waals surface area contributed by atoms with Crippen LogP contribution in [0.3, 0.4) is 0 Å². The van der Waals surface area contributed by atoms with Gasteiger partial charge in [0.1, 0.15) is 11.5 Å². The third-order valence-corrected chi connectivity index (χ3v) is 4.35. The van der Waals surface area contributed by atoms with E-state index < -0.39 is 0 Å². The first-order valence-corrected chi connectivity index (χ1v) is 8.25. The molecule has 0 bridgehead atoms. The average molecular weight is 337 g/mol. The lowest BCUT2D eigenvalue weighted by Crippen LogP contribution is -2.11. The molecule has 0 spiro atoms. The van der Waals surface area contributed by atoms with Gasteiger partial charge in [0.25, 0.3) is 0 Å². The predicted molar refractivity (Wildman–Crippen MR) is 99.6 cm³/mol. The zero-order valence-electron chi connectivity index (χ0n) is 15.3. The van der Waals surface area contributed by atoms with E-state index in [1.807, 2.05) is 54.1 Å². The normalized spacial score (nSPS) is 11.6. The summed E-state index contributed by atoms with van der Waals surface area (Å²) in [5.74, 6) is 0.877. The van der Waals surface area contributed by atoms with E-state index in [1.54, 1.807) is 13.3 Å². The van der Waals surface area contributed by atoms with Gasteiger partial charge in [-0.25, -0.2) is 4.79 Å². The highest BCUT2D eigenvalue weighted by Crippen LogP contribution is 2.28. The number of fused-ring (bicyclic) bond motifs is 1. The summed E-state index contributed by atoms with van der Waals surface area (Å²) in [6, 6.07) is 13.3. The maximum absolute atomic E-state index is 12.6. The molecule has 3 rings (SSSR count). The Bertz CT molecular complexity index is 915. The number of methoxy groups -OCH3 is 1. The molecule has 4 heteroatoms. The zero-order chi connectivity index (χ0) is 18.2. The molecule has 0 radical (unpaired) electrons. The van der Waals surface area contributed by atoms with E-state index in [2.05, 4.69) is 20.8 Å². The number of hydrogen-bond acceptors (Lipinski definition) is 3. The number of esters is 1. The number of benzene rings is 2. The van der Waals surface area contributed by atoms with Gasteiger partial charge < -0.3 is 14.0 Å². The standard InChI is InChI=1S/C21H23NO3/c1-21(2,3)14-6-8-15(9-7-14)25-20(23)18-13-22(4)19-11-10-16(24-5)12-17(18)19/h6-13H,1-5H3. The van der Waals surface area contributed by atoms with Crippen molar-refractivity contribution in [3.05, 3.63) is 59.8 Å². The molecule has 0 unspecified atom stereocenters. The first kappa shape index (κ1) is 17.1. The molecule has 0 aliphatic heterocycles. The first-order chi connectivity index (χ1) is 11.8. The highest BCUT2D eigenvalue weighted by Gasteiger charge is 2.18. The number of ether oxygens (including phenoxy) is 2. The van der Waals surface area contributed by atoms with E-state index in [1.165, 1.54) is 5.56 Å². The number of nitrogens with zero attached hydrogens (tertiary/aromatic N) is 1. The minimum absolute atomic E-state index is 0.0642. The van der Waals surface area contributed by atoms with Crippen LogP contribution < -0.4 is 9.47 Å². The maximum atomic E-state index is 12.6. The summed E-state index contributed by atoms with van der Waals surface area (Å²) in [4.78, 5) is 12.6. The molecule has 0 amide bonds. The van der Waals surface area contributed by atoms with Crippen LogP contribution in [0.5, 0.6) is 11.5 Å². The Hall–Kier alpha value is -2.75. The van der Waals surface area contributed by atoms with Gasteiger partial charge in [-0.05, 0) is 41.3 Å². The fraction of sp³-hybridized carbons (Fsp3) is 0.286. The molecule has 1 heterocycles. The molecule has 1 aromatic heterocycles. The van der Waals surface area contributed by atoms with Crippen molar-refractivity contribution in [1.82, 2.24) is 4.57 Å². The van der Waals surface area contributed by atoms with Crippen molar-refractivity contribution in [2.45, 2.75) is 26.2 Å². The summed E-state index contributed by atoms with van der Waals surface area (Å²) in [5.41, 5.74) is 2.74. The van der Waals surface area contributed by atoms with Gasteiger partial charge >= 0.3 is 5.97 Å². The fourth-order valence-electron chi connectivity index (χ4n) is 2.85. The van der Waals surface area contributed by atoms with Crippen LogP contribution in [0, 0.1) is 0 Å². The molecule has 2 aromatic carbocycles. The topological polar surface area (TPSA) is 40.5 Å².